The molecule has 0 fully saturated rings. The zero-order chi connectivity index (χ0) is 20.0. The molecule has 1 unspecified atom stereocenters. The maximum Gasteiger partial charge on any atom is 0.338 e. The maximum absolute atomic E-state index is 12.6. The summed E-state index contributed by atoms with van der Waals surface area (Å²) in [5.41, 5.74) is 12.4. The van der Waals surface area contributed by atoms with Crippen molar-refractivity contribution in [2.75, 3.05) is 18.1 Å². The monoisotopic (exact) mass is 370 g/mol. The second-order valence-electron chi connectivity index (χ2n) is 6.94. The molecule has 0 aliphatic heterocycles. The minimum atomic E-state index is -0.989. The first-order valence-electron chi connectivity index (χ1n) is 8.80. The van der Waals surface area contributed by atoms with Crippen LogP contribution in [0.5, 0.6) is 0 Å². The van der Waals surface area contributed by atoms with Crippen molar-refractivity contribution >= 4 is 23.1 Å². The third-order valence-corrected chi connectivity index (χ3v) is 4.16. The number of anilines is 2. The summed E-state index contributed by atoms with van der Waals surface area (Å²) in [7, 11) is 0. The van der Waals surface area contributed by atoms with Gasteiger partial charge in [0, 0.05) is 23.4 Å². The van der Waals surface area contributed by atoms with Crippen molar-refractivity contribution in [2.24, 2.45) is 0 Å². The van der Waals surface area contributed by atoms with Crippen molar-refractivity contribution < 1.29 is 19.1 Å². The third-order valence-electron chi connectivity index (χ3n) is 4.16. The van der Waals surface area contributed by atoms with Gasteiger partial charge in [-0.3, -0.25) is 4.79 Å². The molecule has 2 rings (SSSR count). The fourth-order valence-electron chi connectivity index (χ4n) is 2.46. The van der Waals surface area contributed by atoms with Crippen LogP contribution in [0.3, 0.4) is 0 Å². The number of carbonyl (C=O) groups is 2. The largest absolute Gasteiger partial charge is 0.459 e. The first kappa shape index (κ1) is 20.5. The highest BCUT2D eigenvalue weighted by Crippen LogP contribution is 2.19. The highest BCUT2D eigenvalue weighted by molar-refractivity contribution is 6.02. The van der Waals surface area contributed by atoms with Gasteiger partial charge in [-0.2, -0.15) is 0 Å². The van der Waals surface area contributed by atoms with Crippen LogP contribution in [-0.2, 0) is 9.47 Å². The molecule has 0 heterocycles. The topological polar surface area (TPSA) is 105 Å². The van der Waals surface area contributed by atoms with Gasteiger partial charge < -0.3 is 20.9 Å². The molecule has 6 nitrogen and oxygen atoms in total. The molecule has 0 spiro atoms. The summed E-state index contributed by atoms with van der Waals surface area (Å²) >= 11 is 0. The summed E-state index contributed by atoms with van der Waals surface area (Å²) in [6.07, 6.45) is 0.122. The molecule has 1 atom stereocenters. The van der Waals surface area contributed by atoms with Crippen LogP contribution in [0, 0.1) is 0 Å². The van der Waals surface area contributed by atoms with Crippen LogP contribution in [0.2, 0.25) is 0 Å². The third kappa shape index (κ3) is 5.82. The van der Waals surface area contributed by atoms with E-state index in [2.05, 4.69) is 0 Å². The summed E-state index contributed by atoms with van der Waals surface area (Å²) in [4.78, 5) is 24.7. The molecule has 0 aromatic heterocycles. The van der Waals surface area contributed by atoms with E-state index in [0.717, 1.165) is 0 Å². The van der Waals surface area contributed by atoms with E-state index in [1.165, 1.54) is 0 Å². The molecule has 0 bridgehead atoms. The van der Waals surface area contributed by atoms with Gasteiger partial charge in [0.1, 0.15) is 11.7 Å². The molecule has 27 heavy (non-hydrogen) atoms. The van der Waals surface area contributed by atoms with Crippen molar-refractivity contribution in [3.63, 3.8) is 0 Å². The predicted octanol–water partition coefficient (Wildman–Crippen LogP) is 3.46. The van der Waals surface area contributed by atoms with Crippen molar-refractivity contribution in [1.29, 1.82) is 0 Å². The number of hydrogen-bond donors (Lipinski definition) is 2. The molecule has 4 N–H and O–H groups in total. The molecule has 2 aromatic carbocycles. The van der Waals surface area contributed by atoms with E-state index < -0.39 is 11.6 Å². The molecule has 0 saturated heterocycles. The lowest BCUT2D eigenvalue weighted by atomic mass is 9.96. The number of benzene rings is 2. The number of hydrogen-bond acceptors (Lipinski definition) is 6. The van der Waals surface area contributed by atoms with E-state index in [0.29, 0.717) is 28.9 Å². The number of nitrogens with two attached hydrogens (primary N) is 2. The fraction of sp³-hybridized carbons (Fsp3) is 0.333. The van der Waals surface area contributed by atoms with Gasteiger partial charge in [0.2, 0.25) is 0 Å². The Morgan fingerprint density at radius 1 is 0.926 bits per heavy atom. The van der Waals surface area contributed by atoms with Crippen molar-refractivity contribution in [1.82, 2.24) is 0 Å². The molecule has 6 heteroatoms. The van der Waals surface area contributed by atoms with Crippen LogP contribution in [0.4, 0.5) is 11.4 Å². The van der Waals surface area contributed by atoms with E-state index in [4.69, 9.17) is 20.9 Å². The Labute approximate surface area is 159 Å². The van der Waals surface area contributed by atoms with Gasteiger partial charge in [-0.15, -0.1) is 0 Å². The van der Waals surface area contributed by atoms with E-state index >= 15 is 0 Å². The number of Topliss-reactive ketones (excluding diaryl/α,β-unsaturated/α-hetero) is 1. The number of nitrogen functional groups attached to an aromatic ring is 2. The SMILES string of the molecule is CC(CCOC(C)(C)C(=O)c1ccc(N)cc1)OC(=O)c1ccc(N)cc1. The van der Waals surface area contributed by atoms with Crippen LogP contribution in [0.1, 0.15) is 47.9 Å². The van der Waals surface area contributed by atoms with Crippen LogP contribution in [0.25, 0.3) is 0 Å². The van der Waals surface area contributed by atoms with Gasteiger partial charge in [0.05, 0.1) is 12.2 Å². The first-order valence-corrected chi connectivity index (χ1v) is 8.80. The average molecular weight is 370 g/mol. The highest BCUT2D eigenvalue weighted by Gasteiger charge is 2.29. The summed E-state index contributed by atoms with van der Waals surface area (Å²) in [6, 6.07) is 13.3. The zero-order valence-corrected chi connectivity index (χ0v) is 15.9. The molecule has 144 valence electrons. The average Bonchev–Trinajstić information content (AvgIpc) is 2.62. The summed E-state index contributed by atoms with van der Waals surface area (Å²) in [5, 5.41) is 0. The Hall–Kier alpha value is -2.86. The lowest BCUT2D eigenvalue weighted by Gasteiger charge is -2.25. The van der Waals surface area contributed by atoms with Gasteiger partial charge in [-0.05, 0) is 69.3 Å². The summed E-state index contributed by atoms with van der Waals surface area (Å²) in [5.74, 6) is -0.547. The van der Waals surface area contributed by atoms with Gasteiger partial charge in [0.15, 0.2) is 5.78 Å². The van der Waals surface area contributed by atoms with Crippen molar-refractivity contribution in [3.05, 3.63) is 59.7 Å². The second-order valence-corrected chi connectivity index (χ2v) is 6.94. The predicted molar refractivity (Wildman–Crippen MR) is 106 cm³/mol. The van der Waals surface area contributed by atoms with Crippen LogP contribution in [-0.4, -0.2) is 30.1 Å². The minimum Gasteiger partial charge on any atom is -0.459 e. The van der Waals surface area contributed by atoms with Gasteiger partial charge in [-0.25, -0.2) is 4.79 Å². The number of rotatable bonds is 8. The number of ether oxygens (including phenoxy) is 2. The van der Waals surface area contributed by atoms with Crippen LogP contribution < -0.4 is 11.5 Å². The van der Waals surface area contributed by atoms with E-state index in [1.807, 2.05) is 0 Å². The van der Waals surface area contributed by atoms with E-state index in [9.17, 15) is 9.59 Å². The molecule has 0 saturated carbocycles. The molecular formula is C21H26N2O4. The van der Waals surface area contributed by atoms with Gasteiger partial charge >= 0.3 is 5.97 Å². The fourth-order valence-corrected chi connectivity index (χ4v) is 2.46. The smallest absolute Gasteiger partial charge is 0.338 e. The quantitative estimate of drug-likeness (QED) is 0.419. The summed E-state index contributed by atoms with van der Waals surface area (Å²) < 4.78 is 11.2. The Bertz CT molecular complexity index is 783. The second kappa shape index (κ2) is 8.68. The lowest BCUT2D eigenvalue weighted by Crippen LogP contribution is -2.36. The molecule has 0 amide bonds. The Morgan fingerprint density at radius 2 is 1.41 bits per heavy atom. The van der Waals surface area contributed by atoms with Crippen molar-refractivity contribution in [3.8, 4) is 0 Å². The molecule has 0 aliphatic rings. The molecular weight excluding hydrogens is 344 g/mol. The Morgan fingerprint density at radius 3 is 1.93 bits per heavy atom. The van der Waals surface area contributed by atoms with E-state index in [1.54, 1.807) is 69.3 Å². The molecule has 0 radical (unpaired) electrons. The van der Waals surface area contributed by atoms with E-state index in [-0.39, 0.29) is 18.5 Å². The number of esters is 1. The Kier molecular flexibility index (Phi) is 6.58. The Balaban J connectivity index is 1.83. The first-order chi connectivity index (χ1) is 12.7. The normalized spacial score (nSPS) is 12.4. The van der Waals surface area contributed by atoms with Crippen LogP contribution in [0.15, 0.2) is 48.5 Å². The lowest BCUT2D eigenvalue weighted by molar-refractivity contribution is -0.0203. The minimum absolute atomic E-state index is 0.131. The van der Waals surface area contributed by atoms with Gasteiger partial charge in [-0.1, -0.05) is 0 Å². The zero-order valence-electron chi connectivity index (χ0n) is 15.9. The molecule has 2 aromatic rings. The number of carbonyl (C=O) groups excluding carboxylic acids is 2. The summed E-state index contributed by atoms with van der Waals surface area (Å²) in [6.45, 7) is 5.50. The van der Waals surface area contributed by atoms with Crippen LogP contribution >= 0.6 is 0 Å². The van der Waals surface area contributed by atoms with Crippen molar-refractivity contribution in [2.45, 2.75) is 38.9 Å². The molecule has 0 aliphatic carbocycles. The van der Waals surface area contributed by atoms with Gasteiger partial charge in [0.25, 0.3) is 0 Å². The number of ketones is 1. The standard InChI is InChI=1S/C21H26N2O4/c1-14(27-20(25)16-6-10-18(23)11-7-16)12-13-26-21(2,3)19(24)15-4-8-17(22)9-5-15/h4-11,14H,12-13,22-23H2,1-3H3. The maximum atomic E-state index is 12.6. The highest BCUT2D eigenvalue weighted by atomic mass is 16.5.